The van der Waals surface area contributed by atoms with E-state index in [9.17, 15) is 20.1 Å². The fraction of sp³-hybridized carbons (Fsp3) is 0.917. The van der Waals surface area contributed by atoms with Gasteiger partial charge in [-0.05, 0) is 13.8 Å². The van der Waals surface area contributed by atoms with Gasteiger partial charge in [-0.1, -0.05) is 0 Å². The highest BCUT2D eigenvalue weighted by Gasteiger charge is 2.40. The van der Waals surface area contributed by atoms with E-state index in [-0.39, 0.29) is 5.91 Å². The lowest BCUT2D eigenvalue weighted by atomic mass is 9.96. The van der Waals surface area contributed by atoms with Crippen LogP contribution in [-0.4, -0.2) is 83.2 Å². The van der Waals surface area contributed by atoms with Gasteiger partial charge in [0.1, 0.15) is 5.54 Å². The van der Waals surface area contributed by atoms with Crippen LogP contribution in [0.2, 0.25) is 0 Å². The van der Waals surface area contributed by atoms with Crippen molar-refractivity contribution in [2.45, 2.75) is 24.9 Å². The normalized spacial score (nSPS) is 18.4. The van der Waals surface area contributed by atoms with Crippen molar-refractivity contribution in [2.24, 2.45) is 0 Å². The maximum atomic E-state index is 12.3. The van der Waals surface area contributed by atoms with Crippen LogP contribution >= 0.6 is 0 Å². The fourth-order valence-electron chi connectivity index (χ4n) is 2.03. The quantitative estimate of drug-likeness (QED) is 0.367. The second kappa shape index (κ2) is 6.62. The van der Waals surface area contributed by atoms with Gasteiger partial charge in [-0.3, -0.25) is 9.69 Å². The number of piperazine rings is 1. The second-order valence-electron chi connectivity index (χ2n) is 5.50. The molecule has 0 atom stereocenters. The van der Waals surface area contributed by atoms with Crippen molar-refractivity contribution in [3.8, 4) is 0 Å². The third-order valence-electron chi connectivity index (χ3n) is 3.75. The number of rotatable bonds is 6. The standard InChI is InChI=1S/C12H25N3O4/c1-11(2,15-5-3-13-4-6-15)10(19)14-12(7-16,8-17)9-18/h13,16-18H,3-9H2,1-2H3,(H,14,19). The van der Waals surface area contributed by atoms with Crippen LogP contribution in [0.3, 0.4) is 0 Å². The maximum Gasteiger partial charge on any atom is 0.240 e. The summed E-state index contributed by atoms with van der Waals surface area (Å²) in [5.41, 5.74) is -2.13. The SMILES string of the molecule is CC(C)(C(=O)NC(CO)(CO)CO)N1CCNCC1. The first kappa shape index (κ1) is 16.3. The number of nitrogens with zero attached hydrogens (tertiary/aromatic N) is 1. The summed E-state index contributed by atoms with van der Waals surface area (Å²) < 4.78 is 0. The summed E-state index contributed by atoms with van der Waals surface area (Å²) in [4.78, 5) is 14.4. The summed E-state index contributed by atoms with van der Waals surface area (Å²) in [5.74, 6) is -0.313. The Morgan fingerprint density at radius 2 is 1.63 bits per heavy atom. The zero-order chi connectivity index (χ0) is 14.5. The molecule has 0 aromatic heterocycles. The van der Waals surface area contributed by atoms with Gasteiger partial charge in [0.05, 0.1) is 25.4 Å². The molecule has 0 unspecified atom stereocenters. The van der Waals surface area contributed by atoms with Crippen LogP contribution in [0.5, 0.6) is 0 Å². The van der Waals surface area contributed by atoms with E-state index in [0.29, 0.717) is 0 Å². The van der Waals surface area contributed by atoms with Crippen LogP contribution in [0.1, 0.15) is 13.8 Å². The van der Waals surface area contributed by atoms with E-state index in [1.807, 2.05) is 4.90 Å². The fourth-order valence-corrected chi connectivity index (χ4v) is 2.03. The van der Waals surface area contributed by atoms with Crippen molar-refractivity contribution in [1.82, 2.24) is 15.5 Å². The van der Waals surface area contributed by atoms with E-state index in [0.717, 1.165) is 26.2 Å². The molecule has 0 spiro atoms. The molecule has 5 N–H and O–H groups in total. The van der Waals surface area contributed by atoms with E-state index in [1.54, 1.807) is 13.8 Å². The van der Waals surface area contributed by atoms with Crippen LogP contribution in [0, 0.1) is 0 Å². The summed E-state index contributed by atoms with van der Waals surface area (Å²) in [6.45, 7) is 5.21. The van der Waals surface area contributed by atoms with Gasteiger partial charge < -0.3 is 26.0 Å². The number of hydrogen-bond acceptors (Lipinski definition) is 6. The predicted molar refractivity (Wildman–Crippen MR) is 70.7 cm³/mol. The number of aliphatic hydroxyl groups is 3. The first-order valence-corrected chi connectivity index (χ1v) is 6.53. The second-order valence-corrected chi connectivity index (χ2v) is 5.50. The zero-order valence-electron chi connectivity index (χ0n) is 11.6. The molecule has 1 fully saturated rings. The molecule has 0 radical (unpaired) electrons. The smallest absolute Gasteiger partial charge is 0.240 e. The lowest BCUT2D eigenvalue weighted by Gasteiger charge is -2.42. The highest BCUT2D eigenvalue weighted by Crippen LogP contribution is 2.17. The Morgan fingerprint density at radius 1 is 1.16 bits per heavy atom. The third kappa shape index (κ3) is 3.64. The Hall–Kier alpha value is -0.730. The summed E-state index contributed by atoms with van der Waals surface area (Å²) in [7, 11) is 0. The van der Waals surface area contributed by atoms with Gasteiger partial charge in [-0.2, -0.15) is 0 Å². The number of carbonyl (C=O) groups is 1. The van der Waals surface area contributed by atoms with Gasteiger partial charge in [-0.15, -0.1) is 0 Å². The van der Waals surface area contributed by atoms with E-state index >= 15 is 0 Å². The minimum absolute atomic E-state index is 0.313. The molecule has 0 aromatic rings. The number of carbonyl (C=O) groups excluding carboxylic acids is 1. The van der Waals surface area contributed by atoms with Gasteiger partial charge >= 0.3 is 0 Å². The first-order valence-electron chi connectivity index (χ1n) is 6.53. The average Bonchev–Trinajstić information content (AvgIpc) is 2.45. The van der Waals surface area contributed by atoms with Crippen LogP contribution in [0.15, 0.2) is 0 Å². The molecule has 7 heteroatoms. The molecule has 0 aromatic carbocycles. The molecule has 112 valence electrons. The van der Waals surface area contributed by atoms with Crippen LogP contribution < -0.4 is 10.6 Å². The number of aliphatic hydroxyl groups excluding tert-OH is 3. The van der Waals surface area contributed by atoms with Gasteiger partial charge in [-0.25, -0.2) is 0 Å². The molecule has 1 heterocycles. The van der Waals surface area contributed by atoms with Crippen molar-refractivity contribution < 1.29 is 20.1 Å². The van der Waals surface area contributed by atoms with Crippen molar-refractivity contribution in [2.75, 3.05) is 46.0 Å². The molecule has 7 nitrogen and oxygen atoms in total. The third-order valence-corrected chi connectivity index (χ3v) is 3.75. The Balaban J connectivity index is 2.74. The van der Waals surface area contributed by atoms with E-state index in [1.165, 1.54) is 0 Å². The van der Waals surface area contributed by atoms with Gasteiger partial charge in [0.2, 0.25) is 5.91 Å². The molecule has 1 aliphatic rings. The van der Waals surface area contributed by atoms with Crippen LogP contribution in [-0.2, 0) is 4.79 Å². The van der Waals surface area contributed by atoms with Crippen LogP contribution in [0.25, 0.3) is 0 Å². The van der Waals surface area contributed by atoms with Crippen molar-refractivity contribution in [3.63, 3.8) is 0 Å². The molecule has 1 aliphatic heterocycles. The molecule has 1 saturated heterocycles. The van der Waals surface area contributed by atoms with Gasteiger partial charge in [0.25, 0.3) is 0 Å². The van der Waals surface area contributed by atoms with E-state index in [2.05, 4.69) is 10.6 Å². The minimum Gasteiger partial charge on any atom is -0.394 e. The topological polar surface area (TPSA) is 105 Å². The Morgan fingerprint density at radius 3 is 2.05 bits per heavy atom. The molecule has 19 heavy (non-hydrogen) atoms. The van der Waals surface area contributed by atoms with E-state index in [4.69, 9.17) is 0 Å². The summed E-state index contributed by atoms with van der Waals surface area (Å²) in [6.07, 6.45) is 0. The van der Waals surface area contributed by atoms with Crippen molar-refractivity contribution in [3.05, 3.63) is 0 Å². The zero-order valence-corrected chi connectivity index (χ0v) is 11.6. The summed E-state index contributed by atoms with van der Waals surface area (Å²) >= 11 is 0. The minimum atomic E-state index is -1.37. The average molecular weight is 275 g/mol. The molecule has 0 saturated carbocycles. The highest BCUT2D eigenvalue weighted by molar-refractivity contribution is 5.86. The Bertz CT molecular complexity index is 291. The van der Waals surface area contributed by atoms with Gasteiger partial charge in [0, 0.05) is 26.2 Å². The first-order chi connectivity index (χ1) is 8.91. The number of amides is 1. The maximum absolute atomic E-state index is 12.3. The molecular formula is C12H25N3O4. The molecule has 0 aliphatic carbocycles. The number of hydrogen-bond donors (Lipinski definition) is 5. The predicted octanol–water partition coefficient (Wildman–Crippen LogP) is -2.50. The lowest BCUT2D eigenvalue weighted by Crippen LogP contribution is -2.66. The summed E-state index contributed by atoms with van der Waals surface area (Å²) in [5, 5.41) is 33.5. The Kier molecular flexibility index (Phi) is 5.69. The monoisotopic (exact) mass is 275 g/mol. The molecular weight excluding hydrogens is 250 g/mol. The molecule has 1 rings (SSSR count). The van der Waals surface area contributed by atoms with Crippen LogP contribution in [0.4, 0.5) is 0 Å². The molecule has 0 bridgehead atoms. The van der Waals surface area contributed by atoms with E-state index < -0.39 is 30.9 Å². The van der Waals surface area contributed by atoms with Crippen molar-refractivity contribution >= 4 is 5.91 Å². The summed E-state index contributed by atoms with van der Waals surface area (Å²) in [6, 6.07) is 0. The Labute approximate surface area is 113 Å². The molecule has 1 amide bonds. The highest BCUT2D eigenvalue weighted by atomic mass is 16.3. The largest absolute Gasteiger partial charge is 0.394 e. The van der Waals surface area contributed by atoms with Crippen molar-refractivity contribution in [1.29, 1.82) is 0 Å². The lowest BCUT2D eigenvalue weighted by molar-refractivity contribution is -0.136. The number of nitrogens with one attached hydrogen (secondary N) is 2. The van der Waals surface area contributed by atoms with Gasteiger partial charge in [0.15, 0.2) is 0 Å².